The molecule has 15 nitrogen and oxygen atoms in total. The number of rotatable bonds is 11. The lowest BCUT2D eigenvalue weighted by Crippen LogP contribution is -2.59. The van der Waals surface area contributed by atoms with E-state index in [0.29, 0.717) is 65.3 Å². The van der Waals surface area contributed by atoms with Crippen LogP contribution in [-0.2, 0) is 29.1 Å². The van der Waals surface area contributed by atoms with E-state index in [0.717, 1.165) is 25.7 Å². The second kappa shape index (κ2) is 17.9. The Balaban J connectivity index is 0.00000268. The fourth-order valence-electron chi connectivity index (χ4n) is 10.4. The quantitative estimate of drug-likeness (QED) is 0.160. The minimum Gasteiger partial charge on any atom is -0.494 e. The fraction of sp³-hybridized carbons (Fsp3) is 0.580. The van der Waals surface area contributed by atoms with Crippen LogP contribution in [0.25, 0.3) is 22.0 Å². The van der Waals surface area contributed by atoms with Crippen molar-refractivity contribution in [3.05, 3.63) is 60.4 Å². The summed E-state index contributed by atoms with van der Waals surface area (Å²) in [7, 11) is -2.68. The molecule has 4 saturated carbocycles. The SMILES string of the molecule is COc1cc2cc(-c3ccc(OC(C)C)cc3)nc(O[C@@H]3C[C@H]4C(=O)N[C@]5(C(=O)NS(=O)(=O)C6(C)CC6)C[C@H]5/C=C\CC[C@@H](C)C[C@@H](C)[C@H](NC(=O)OC5CC6CC6C5)C(=O)N4C3)c2cc1F.[HH].[HH].[HH]. The van der Waals surface area contributed by atoms with Crippen molar-refractivity contribution in [2.45, 2.75) is 140 Å². The van der Waals surface area contributed by atoms with Crippen LogP contribution in [-0.4, -0.2) is 96.5 Å². The van der Waals surface area contributed by atoms with E-state index in [-0.39, 0.29) is 59.3 Å². The molecule has 2 aliphatic heterocycles. The third kappa shape index (κ3) is 9.66. The number of carbonyl (C=O) groups is 4. The van der Waals surface area contributed by atoms with E-state index in [1.807, 2.05) is 57.2 Å². The first kappa shape index (κ1) is 46.7. The minimum absolute atomic E-state index is 0. The van der Waals surface area contributed by atoms with Gasteiger partial charge in [-0.25, -0.2) is 22.6 Å². The number of ether oxygens (including phenoxy) is 4. The van der Waals surface area contributed by atoms with Crippen LogP contribution in [0.1, 0.15) is 103 Å². The molecule has 366 valence electrons. The van der Waals surface area contributed by atoms with Gasteiger partial charge in [0, 0.05) is 27.6 Å². The van der Waals surface area contributed by atoms with E-state index in [4.69, 9.17) is 23.9 Å². The molecule has 0 spiro atoms. The Kier molecular flexibility index (Phi) is 12.5. The molecule has 67 heavy (non-hydrogen) atoms. The van der Waals surface area contributed by atoms with Gasteiger partial charge in [-0.15, -0.1) is 0 Å². The van der Waals surface area contributed by atoms with Crippen molar-refractivity contribution >= 4 is 44.6 Å². The van der Waals surface area contributed by atoms with E-state index >= 15 is 9.18 Å². The second-order valence-corrected chi connectivity index (χ2v) is 22.7. The monoisotopic (exact) mass is 949 g/mol. The summed E-state index contributed by atoms with van der Waals surface area (Å²) in [5, 5.41) is 6.71. The molecule has 3 heterocycles. The molecule has 5 fully saturated rings. The van der Waals surface area contributed by atoms with Crippen LogP contribution in [0.4, 0.5) is 9.18 Å². The molecule has 6 aliphatic rings. The zero-order chi connectivity index (χ0) is 47.6. The molecular formula is C50H68FN5O10S. The normalized spacial score (nSPS) is 31.5. The predicted octanol–water partition coefficient (Wildman–Crippen LogP) is 7.70. The van der Waals surface area contributed by atoms with Crippen molar-refractivity contribution in [3.8, 4) is 28.6 Å². The molecule has 2 unspecified atom stereocenters. The van der Waals surface area contributed by atoms with E-state index < -0.39 is 74.0 Å². The van der Waals surface area contributed by atoms with E-state index in [1.165, 1.54) is 18.1 Å². The average molecular weight is 950 g/mol. The van der Waals surface area contributed by atoms with Gasteiger partial charge in [0.2, 0.25) is 27.7 Å². The van der Waals surface area contributed by atoms with Crippen molar-refractivity contribution < 1.29 is 55.2 Å². The maximum atomic E-state index is 15.5. The first-order valence-electron chi connectivity index (χ1n) is 23.8. The molecule has 1 aromatic heterocycles. The summed E-state index contributed by atoms with van der Waals surface area (Å²) in [6, 6.07) is 9.64. The summed E-state index contributed by atoms with van der Waals surface area (Å²) in [5.41, 5.74) is -0.386. The highest BCUT2D eigenvalue weighted by atomic mass is 32.2. The second-order valence-electron chi connectivity index (χ2n) is 20.5. The Hall–Kier alpha value is -5.45. The van der Waals surface area contributed by atoms with Gasteiger partial charge in [0.1, 0.15) is 35.6 Å². The van der Waals surface area contributed by atoms with Crippen LogP contribution in [0, 0.1) is 35.4 Å². The number of pyridine rings is 1. The lowest BCUT2D eigenvalue weighted by atomic mass is 9.88. The van der Waals surface area contributed by atoms with Gasteiger partial charge in [-0.2, -0.15) is 0 Å². The molecule has 4 aliphatic carbocycles. The highest BCUT2D eigenvalue weighted by Crippen LogP contribution is 2.53. The van der Waals surface area contributed by atoms with Crippen molar-refractivity contribution in [3.63, 3.8) is 0 Å². The number of aromatic nitrogens is 1. The van der Waals surface area contributed by atoms with Gasteiger partial charge in [0.05, 0.1) is 30.2 Å². The molecule has 0 bridgehead atoms. The van der Waals surface area contributed by atoms with Gasteiger partial charge >= 0.3 is 6.09 Å². The van der Waals surface area contributed by atoms with Crippen LogP contribution in [0.3, 0.4) is 0 Å². The topological polar surface area (TPSA) is 192 Å². The molecular weight excluding hydrogens is 882 g/mol. The Labute approximate surface area is 395 Å². The van der Waals surface area contributed by atoms with Crippen LogP contribution in [0.5, 0.6) is 17.4 Å². The number of nitrogens with zero attached hydrogens (tertiary/aromatic N) is 2. The molecule has 1 saturated heterocycles. The number of fused-ring (bicyclic) bond motifs is 4. The summed E-state index contributed by atoms with van der Waals surface area (Å²) >= 11 is 0. The Morgan fingerprint density at radius 1 is 1.00 bits per heavy atom. The number of halogens is 1. The van der Waals surface area contributed by atoms with Gasteiger partial charge in [0.25, 0.3) is 5.91 Å². The first-order chi connectivity index (χ1) is 31.8. The predicted molar refractivity (Wildman–Crippen MR) is 253 cm³/mol. The van der Waals surface area contributed by atoms with Gasteiger partial charge < -0.3 is 34.5 Å². The van der Waals surface area contributed by atoms with Crippen molar-refractivity contribution in [2.75, 3.05) is 13.7 Å². The largest absolute Gasteiger partial charge is 0.494 e. The molecule has 3 aromatic rings. The minimum atomic E-state index is -4.06. The number of allylic oxidation sites excluding steroid dienone is 1. The van der Waals surface area contributed by atoms with E-state index in [2.05, 4.69) is 22.3 Å². The molecule has 4 amide bonds. The maximum absolute atomic E-state index is 15.5. The summed E-state index contributed by atoms with van der Waals surface area (Å²) in [6.45, 7) is 9.29. The Bertz CT molecular complexity index is 2590. The van der Waals surface area contributed by atoms with E-state index in [9.17, 15) is 22.8 Å². The number of sulfonamides is 1. The van der Waals surface area contributed by atoms with Crippen molar-refractivity contribution in [1.29, 1.82) is 0 Å². The number of hydrogen-bond acceptors (Lipinski definition) is 11. The highest BCUT2D eigenvalue weighted by molar-refractivity contribution is 7.91. The van der Waals surface area contributed by atoms with Crippen LogP contribution in [0.2, 0.25) is 0 Å². The van der Waals surface area contributed by atoms with E-state index in [1.54, 1.807) is 19.1 Å². The van der Waals surface area contributed by atoms with Gasteiger partial charge in [-0.1, -0.05) is 26.0 Å². The zero-order valence-electron chi connectivity index (χ0n) is 39.0. The molecule has 0 radical (unpaired) electrons. The molecule has 3 N–H and O–H groups in total. The Morgan fingerprint density at radius 3 is 2.42 bits per heavy atom. The number of benzene rings is 2. The Morgan fingerprint density at radius 2 is 1.73 bits per heavy atom. The van der Waals surface area contributed by atoms with Gasteiger partial charge in [0.15, 0.2) is 11.6 Å². The zero-order valence-corrected chi connectivity index (χ0v) is 39.8. The van der Waals surface area contributed by atoms with Crippen molar-refractivity contribution in [1.82, 2.24) is 25.2 Å². The third-order valence-electron chi connectivity index (χ3n) is 14.9. The smallest absolute Gasteiger partial charge is 0.408 e. The number of methoxy groups -OCH3 is 1. The molecule has 17 heteroatoms. The maximum Gasteiger partial charge on any atom is 0.408 e. The van der Waals surface area contributed by atoms with Crippen molar-refractivity contribution in [2.24, 2.45) is 29.6 Å². The summed E-state index contributed by atoms with van der Waals surface area (Å²) in [4.78, 5) is 64.1. The highest BCUT2D eigenvalue weighted by Gasteiger charge is 2.63. The first-order valence-corrected chi connectivity index (χ1v) is 25.3. The van der Waals surface area contributed by atoms with Gasteiger partial charge in [-0.3, -0.25) is 19.1 Å². The summed E-state index contributed by atoms with van der Waals surface area (Å²) < 4.78 is 67.2. The summed E-state index contributed by atoms with van der Waals surface area (Å²) in [5.74, 6) is -1.61. The number of nitrogens with one attached hydrogen (secondary N) is 3. The standard InChI is InChI=1S/C50H62FN5O10S.3H2/c1-27(2)64-35-13-11-30(12-14-35)40-21-33-22-42(63-6)39(51)24-38(33)45(52-40)65-37-23-41-44(57)54-50(47(59)55-67(61,62)49(5)15-16-49)25-34(50)10-8-7-9-28(3)17-29(4)43(46(58)56(41)26-37)53-48(60)66-36-19-31-18-32(31)20-36;;;/h8,10-14,21-22,24,27-29,31-32,34,36-37,41,43H,7,9,15-20,23,25-26H2,1-6H3,(H,53,60)(H,54,57)(H,55,59);3*1H/b10-8-;;;/t28-,29-,31?,32?,34-,36?,37-,41+,43+,50-;;;/m1.../s1. The number of amides is 4. The fourth-order valence-corrected chi connectivity index (χ4v) is 11.7. The van der Waals surface area contributed by atoms with Crippen LogP contribution in [0.15, 0.2) is 54.6 Å². The number of hydrogen-bond donors (Lipinski definition) is 3. The number of alkyl carbamates (subject to hydrolysis) is 1. The summed E-state index contributed by atoms with van der Waals surface area (Å²) in [6.07, 6.45) is 7.54. The molecule has 9 atom stereocenters. The van der Waals surface area contributed by atoms with Crippen LogP contribution < -0.4 is 29.6 Å². The third-order valence-corrected chi connectivity index (χ3v) is 17.0. The average Bonchev–Trinajstić information content (AvgIpc) is 4.23. The van der Waals surface area contributed by atoms with Crippen LogP contribution >= 0.6 is 0 Å². The lowest BCUT2D eigenvalue weighted by Gasteiger charge is -2.33. The van der Waals surface area contributed by atoms with Gasteiger partial charge in [-0.05, 0) is 150 Å². The molecule has 2 aromatic carbocycles. The number of carbonyl (C=O) groups excluding carboxylic acids is 4. The molecule has 9 rings (SSSR count). The lowest BCUT2D eigenvalue weighted by molar-refractivity contribution is -0.142.